The maximum atomic E-state index is 6.03. The topological polar surface area (TPSA) is 56.7 Å². The first-order valence-corrected chi connectivity index (χ1v) is 6.74. The third kappa shape index (κ3) is 1.81. The van der Waals surface area contributed by atoms with Crippen LogP contribution in [-0.2, 0) is 12.0 Å². The van der Waals surface area contributed by atoms with Crippen molar-refractivity contribution in [3.8, 4) is 0 Å². The van der Waals surface area contributed by atoms with E-state index in [-0.39, 0.29) is 5.41 Å². The van der Waals surface area contributed by atoms with E-state index in [1.54, 1.807) is 0 Å². The van der Waals surface area contributed by atoms with Gasteiger partial charge in [-0.1, -0.05) is 13.8 Å². The lowest BCUT2D eigenvalue weighted by Gasteiger charge is -2.29. The maximum absolute atomic E-state index is 6.03. The summed E-state index contributed by atoms with van der Waals surface area (Å²) >= 11 is 0. The average molecular weight is 246 g/mol. The highest BCUT2D eigenvalue weighted by Gasteiger charge is 2.32. The minimum Gasteiger partial charge on any atom is -0.329 e. The fourth-order valence-corrected chi connectivity index (χ4v) is 2.61. The molecule has 0 saturated carbocycles. The second-order valence-corrected chi connectivity index (χ2v) is 4.72. The molecule has 0 radical (unpaired) electrons. The van der Waals surface area contributed by atoms with Crippen molar-refractivity contribution in [3.05, 3.63) is 24.2 Å². The van der Waals surface area contributed by atoms with Gasteiger partial charge in [0.2, 0.25) is 0 Å². The third-order valence-electron chi connectivity index (χ3n) is 4.04. The van der Waals surface area contributed by atoms with Gasteiger partial charge in [-0.25, -0.2) is 9.97 Å². The molecule has 0 saturated heterocycles. The number of imidazole rings is 1. The Morgan fingerprint density at radius 2 is 2.00 bits per heavy atom. The highest BCUT2D eigenvalue weighted by molar-refractivity contribution is 5.71. The molecule has 4 nitrogen and oxygen atoms in total. The highest BCUT2D eigenvalue weighted by atomic mass is 15.1. The van der Waals surface area contributed by atoms with E-state index < -0.39 is 0 Å². The molecule has 98 valence electrons. The number of hydrogen-bond acceptors (Lipinski definition) is 3. The fourth-order valence-electron chi connectivity index (χ4n) is 2.61. The van der Waals surface area contributed by atoms with E-state index in [4.69, 9.17) is 10.7 Å². The average Bonchev–Trinajstić information content (AvgIpc) is 2.80. The smallest absolute Gasteiger partial charge is 0.159 e. The standard InChI is InChI=1S/C14H22N4/c1-4-14(5-2,10-15)13-17-11-8-7-9-16-12(11)18(13)6-3/h7-9H,4-6,10,15H2,1-3H3. The van der Waals surface area contributed by atoms with Gasteiger partial charge in [0.05, 0.1) is 0 Å². The van der Waals surface area contributed by atoms with Crippen LogP contribution in [0.2, 0.25) is 0 Å². The second kappa shape index (κ2) is 5.06. The molecule has 0 spiro atoms. The Morgan fingerprint density at radius 3 is 2.56 bits per heavy atom. The molecular weight excluding hydrogens is 224 g/mol. The molecule has 2 rings (SSSR count). The van der Waals surface area contributed by atoms with Crippen molar-refractivity contribution in [2.45, 2.75) is 45.6 Å². The van der Waals surface area contributed by atoms with Crippen LogP contribution in [-0.4, -0.2) is 21.1 Å². The molecule has 0 aliphatic carbocycles. The molecule has 0 bridgehead atoms. The van der Waals surface area contributed by atoms with Crippen LogP contribution in [0.25, 0.3) is 11.2 Å². The van der Waals surface area contributed by atoms with Gasteiger partial charge in [0.1, 0.15) is 11.3 Å². The Kier molecular flexibility index (Phi) is 3.66. The lowest BCUT2D eigenvalue weighted by Crippen LogP contribution is -2.36. The summed E-state index contributed by atoms with van der Waals surface area (Å²) in [5, 5.41) is 0. The van der Waals surface area contributed by atoms with Crippen molar-refractivity contribution in [2.75, 3.05) is 6.54 Å². The van der Waals surface area contributed by atoms with Gasteiger partial charge >= 0.3 is 0 Å². The Balaban J connectivity index is 2.69. The predicted molar refractivity (Wildman–Crippen MR) is 74.5 cm³/mol. The molecule has 2 N–H and O–H groups in total. The van der Waals surface area contributed by atoms with E-state index in [1.165, 1.54) is 0 Å². The van der Waals surface area contributed by atoms with E-state index in [0.717, 1.165) is 36.4 Å². The van der Waals surface area contributed by atoms with E-state index in [1.807, 2.05) is 18.3 Å². The van der Waals surface area contributed by atoms with Gasteiger partial charge in [-0.15, -0.1) is 0 Å². The normalized spacial score (nSPS) is 12.2. The van der Waals surface area contributed by atoms with Gasteiger partial charge in [0, 0.05) is 24.7 Å². The van der Waals surface area contributed by atoms with Crippen molar-refractivity contribution in [2.24, 2.45) is 5.73 Å². The zero-order chi connectivity index (χ0) is 13.2. The van der Waals surface area contributed by atoms with Crippen molar-refractivity contribution >= 4 is 11.2 Å². The van der Waals surface area contributed by atoms with Crippen molar-refractivity contribution in [1.29, 1.82) is 0 Å². The summed E-state index contributed by atoms with van der Waals surface area (Å²) in [6, 6.07) is 3.95. The van der Waals surface area contributed by atoms with Crippen LogP contribution in [0.3, 0.4) is 0 Å². The first kappa shape index (κ1) is 13.0. The van der Waals surface area contributed by atoms with Crippen LogP contribution in [0.15, 0.2) is 18.3 Å². The van der Waals surface area contributed by atoms with Gasteiger partial charge in [0.25, 0.3) is 0 Å². The minimum absolute atomic E-state index is 0.0310. The van der Waals surface area contributed by atoms with Crippen LogP contribution < -0.4 is 5.73 Å². The summed E-state index contributed by atoms with van der Waals surface area (Å²) < 4.78 is 2.20. The summed E-state index contributed by atoms with van der Waals surface area (Å²) in [7, 11) is 0. The number of fused-ring (bicyclic) bond motifs is 1. The summed E-state index contributed by atoms with van der Waals surface area (Å²) in [5.74, 6) is 1.09. The lowest BCUT2D eigenvalue weighted by molar-refractivity contribution is 0.369. The molecule has 4 heteroatoms. The molecule has 2 aromatic rings. The lowest BCUT2D eigenvalue weighted by atomic mass is 9.81. The van der Waals surface area contributed by atoms with E-state index in [9.17, 15) is 0 Å². The Bertz CT molecular complexity index is 517. The highest BCUT2D eigenvalue weighted by Crippen LogP contribution is 2.31. The SMILES string of the molecule is CCn1c(C(CC)(CC)CN)nc2cccnc21. The molecule has 2 heterocycles. The second-order valence-electron chi connectivity index (χ2n) is 4.72. The van der Waals surface area contributed by atoms with Gasteiger partial charge in [-0.05, 0) is 31.9 Å². The summed E-state index contributed by atoms with van der Waals surface area (Å²) in [5.41, 5.74) is 7.94. The Labute approximate surface area is 108 Å². The summed E-state index contributed by atoms with van der Waals surface area (Å²) in [4.78, 5) is 9.24. The molecule has 0 atom stereocenters. The zero-order valence-corrected chi connectivity index (χ0v) is 11.5. The van der Waals surface area contributed by atoms with Gasteiger partial charge < -0.3 is 10.3 Å². The van der Waals surface area contributed by atoms with Crippen LogP contribution in [0.1, 0.15) is 39.4 Å². The van der Waals surface area contributed by atoms with E-state index in [2.05, 4.69) is 30.3 Å². The first-order valence-electron chi connectivity index (χ1n) is 6.74. The van der Waals surface area contributed by atoms with E-state index in [0.29, 0.717) is 6.54 Å². The van der Waals surface area contributed by atoms with Crippen LogP contribution in [0.5, 0.6) is 0 Å². The molecule has 0 amide bonds. The van der Waals surface area contributed by atoms with Crippen LogP contribution in [0.4, 0.5) is 0 Å². The largest absolute Gasteiger partial charge is 0.329 e. The molecule has 0 unspecified atom stereocenters. The molecule has 0 aliphatic heterocycles. The molecule has 2 aromatic heterocycles. The predicted octanol–water partition coefficient (Wildman–Crippen LogP) is 2.47. The maximum Gasteiger partial charge on any atom is 0.159 e. The van der Waals surface area contributed by atoms with E-state index >= 15 is 0 Å². The number of hydrogen-bond donors (Lipinski definition) is 1. The fraction of sp³-hybridized carbons (Fsp3) is 0.571. The third-order valence-corrected chi connectivity index (χ3v) is 4.04. The molecule has 0 fully saturated rings. The first-order chi connectivity index (χ1) is 8.72. The number of nitrogens with two attached hydrogens (primary N) is 1. The van der Waals surface area contributed by atoms with Gasteiger partial charge in [-0.3, -0.25) is 0 Å². The number of rotatable bonds is 5. The number of pyridine rings is 1. The van der Waals surface area contributed by atoms with Crippen molar-refractivity contribution < 1.29 is 0 Å². The van der Waals surface area contributed by atoms with Crippen LogP contribution in [0, 0.1) is 0 Å². The Morgan fingerprint density at radius 1 is 1.28 bits per heavy atom. The minimum atomic E-state index is -0.0310. The monoisotopic (exact) mass is 246 g/mol. The molecule has 0 aromatic carbocycles. The van der Waals surface area contributed by atoms with Crippen molar-refractivity contribution in [1.82, 2.24) is 14.5 Å². The molecule has 18 heavy (non-hydrogen) atoms. The summed E-state index contributed by atoms with van der Waals surface area (Å²) in [6.45, 7) is 8.01. The molecular formula is C14H22N4. The number of nitrogens with zero attached hydrogens (tertiary/aromatic N) is 3. The number of aryl methyl sites for hydroxylation is 1. The van der Waals surface area contributed by atoms with Gasteiger partial charge in [0.15, 0.2) is 5.65 Å². The summed E-state index contributed by atoms with van der Waals surface area (Å²) in [6.07, 6.45) is 3.83. The zero-order valence-electron chi connectivity index (χ0n) is 11.5. The number of aromatic nitrogens is 3. The van der Waals surface area contributed by atoms with Crippen molar-refractivity contribution in [3.63, 3.8) is 0 Å². The van der Waals surface area contributed by atoms with Gasteiger partial charge in [-0.2, -0.15) is 0 Å². The van der Waals surface area contributed by atoms with Crippen LogP contribution >= 0.6 is 0 Å². The molecule has 0 aliphatic rings. The Hall–Kier alpha value is -1.42. The quantitative estimate of drug-likeness (QED) is 0.881.